The Balaban J connectivity index is 0.000000662. The van der Waals surface area contributed by atoms with Crippen LogP contribution in [0, 0.1) is 13.8 Å². The molecule has 0 aliphatic rings. The van der Waals surface area contributed by atoms with Crippen molar-refractivity contribution in [3.8, 4) is 0 Å². The normalized spacial score (nSPS) is 10.8. The van der Waals surface area contributed by atoms with Gasteiger partial charge in [-0.2, -0.15) is 38.6 Å². The maximum Gasteiger partial charge on any atom is 4.00 e. The van der Waals surface area contributed by atoms with Gasteiger partial charge in [-0.25, -0.2) is 0 Å². The van der Waals surface area contributed by atoms with Crippen molar-refractivity contribution in [3.05, 3.63) is 79.2 Å². The number of fused-ring (bicyclic) bond motifs is 2. The van der Waals surface area contributed by atoms with Gasteiger partial charge in [0.25, 0.3) is 0 Å². The molecule has 0 amide bonds. The van der Waals surface area contributed by atoms with E-state index in [2.05, 4.69) is 118 Å². The van der Waals surface area contributed by atoms with Gasteiger partial charge in [-0.15, -0.1) is 69.1 Å². The number of aryl methyl sites for hydroxylation is 2. The van der Waals surface area contributed by atoms with Crippen LogP contribution in [0.5, 0.6) is 0 Å². The Labute approximate surface area is 230 Å². The van der Waals surface area contributed by atoms with Gasteiger partial charge >= 0.3 is 26.2 Å². The van der Waals surface area contributed by atoms with Crippen molar-refractivity contribution in [2.45, 2.75) is 26.9 Å². The third kappa shape index (κ3) is 6.00. The summed E-state index contributed by atoms with van der Waals surface area (Å²) in [6, 6.07) is 17.7. The topological polar surface area (TPSA) is 28.2 Å². The van der Waals surface area contributed by atoms with Gasteiger partial charge in [-0.1, -0.05) is 70.9 Å². The van der Waals surface area contributed by atoms with E-state index < -0.39 is 8.07 Å². The molecular weight excluding hydrogens is 619 g/mol. The molecule has 0 atom stereocenters. The molecule has 4 rings (SSSR count). The minimum absolute atomic E-state index is 0. The van der Waals surface area contributed by atoms with E-state index in [0.717, 1.165) is 0 Å². The quantitative estimate of drug-likeness (QED) is 0.158. The summed E-state index contributed by atoms with van der Waals surface area (Å²) in [7, 11) is 5.11. The van der Waals surface area contributed by atoms with Crippen LogP contribution in [0.2, 0.25) is 13.1 Å². The first-order valence-corrected chi connectivity index (χ1v) is 14.9. The SMILES string of the molecule is C[N-]C.C[N-]C.Cc1[cH-]c2cccc(Br)c2c1[Si](C)(C)c1c(C)[cH-]c2cccc(Br)c12.[Zr+4]. The number of hydrogen-bond acceptors (Lipinski definition) is 0. The molecule has 0 aromatic heterocycles. The van der Waals surface area contributed by atoms with E-state index in [1.807, 2.05) is 0 Å². The summed E-state index contributed by atoms with van der Waals surface area (Å²) < 4.78 is 2.42. The molecule has 2 nitrogen and oxygen atoms in total. The Bertz CT molecular complexity index is 1070. The van der Waals surface area contributed by atoms with Crippen LogP contribution in [0.4, 0.5) is 0 Å². The van der Waals surface area contributed by atoms with Gasteiger partial charge in [0.1, 0.15) is 0 Å². The van der Waals surface area contributed by atoms with Crippen molar-refractivity contribution in [2.24, 2.45) is 0 Å². The summed E-state index contributed by atoms with van der Waals surface area (Å²) in [5.41, 5.74) is 2.83. The Morgan fingerprint density at radius 2 is 1.00 bits per heavy atom. The first-order chi connectivity index (χ1) is 14.6. The van der Waals surface area contributed by atoms with Crippen molar-refractivity contribution in [2.75, 3.05) is 28.2 Å². The molecule has 6 heteroatoms. The average molecular weight is 652 g/mol. The van der Waals surface area contributed by atoms with Gasteiger partial charge in [0.2, 0.25) is 0 Å². The predicted octanol–water partition coefficient (Wildman–Crippen LogP) is 7.63. The zero-order chi connectivity index (χ0) is 23.3. The Morgan fingerprint density at radius 1 is 0.688 bits per heavy atom. The molecule has 168 valence electrons. The molecule has 0 bridgehead atoms. The first kappa shape index (κ1) is 29.7. The second kappa shape index (κ2) is 12.9. The molecule has 0 N–H and O–H groups in total. The maximum absolute atomic E-state index is 3.81. The van der Waals surface area contributed by atoms with Crippen molar-refractivity contribution >= 4 is 71.9 Å². The van der Waals surface area contributed by atoms with Crippen LogP contribution in [-0.4, -0.2) is 36.3 Å². The summed E-state index contributed by atoms with van der Waals surface area (Å²) in [5, 5.41) is 15.6. The third-order valence-electron chi connectivity index (χ3n) is 5.37. The van der Waals surface area contributed by atoms with E-state index in [1.165, 1.54) is 41.6 Å². The van der Waals surface area contributed by atoms with Gasteiger partial charge in [-0.3, -0.25) is 0 Å². The first-order valence-electron chi connectivity index (χ1n) is 10.3. The number of hydrogen-bond donors (Lipinski definition) is 0. The molecule has 0 spiro atoms. The third-order valence-corrected chi connectivity index (χ3v) is 10.5. The molecule has 0 saturated carbocycles. The fraction of sp³-hybridized carbons (Fsp3) is 0.308. The average Bonchev–Trinajstić information content (AvgIpc) is 3.21. The zero-order valence-corrected chi connectivity index (χ0v) is 26.9. The molecule has 0 aliphatic heterocycles. The number of benzene rings is 2. The van der Waals surface area contributed by atoms with Crippen LogP contribution in [0.3, 0.4) is 0 Å². The maximum atomic E-state index is 3.81. The van der Waals surface area contributed by atoms with Crippen molar-refractivity contribution in [1.82, 2.24) is 0 Å². The molecule has 0 saturated heterocycles. The summed E-state index contributed by atoms with van der Waals surface area (Å²) in [6.07, 6.45) is 0. The monoisotopic (exact) mass is 648 g/mol. The predicted molar refractivity (Wildman–Crippen MR) is 151 cm³/mol. The molecule has 4 aromatic rings. The van der Waals surface area contributed by atoms with Crippen LogP contribution in [0.15, 0.2) is 57.5 Å². The smallest absolute Gasteiger partial charge is 0.668 e. The van der Waals surface area contributed by atoms with Crippen LogP contribution >= 0.6 is 31.9 Å². The molecule has 0 unspecified atom stereocenters. The fourth-order valence-corrected chi connectivity index (χ4v) is 10.3. The number of nitrogens with zero attached hydrogens (tertiary/aromatic N) is 2. The molecule has 0 radical (unpaired) electrons. The summed E-state index contributed by atoms with van der Waals surface area (Å²) in [4.78, 5) is 0. The largest absolute Gasteiger partial charge is 4.00 e. The van der Waals surface area contributed by atoms with E-state index >= 15 is 0 Å². The fourth-order valence-electron chi connectivity index (χ4n) is 4.59. The molecule has 4 aromatic carbocycles. The van der Waals surface area contributed by atoms with Crippen LogP contribution in [-0.2, 0) is 26.2 Å². The molecule has 32 heavy (non-hydrogen) atoms. The summed E-state index contributed by atoms with van der Waals surface area (Å²) in [6.45, 7) is 9.53. The van der Waals surface area contributed by atoms with Crippen LogP contribution in [0.25, 0.3) is 32.2 Å². The molecule has 0 heterocycles. The van der Waals surface area contributed by atoms with Gasteiger partial charge in [-0.05, 0) is 8.95 Å². The second-order valence-corrected chi connectivity index (χ2v) is 14.3. The van der Waals surface area contributed by atoms with E-state index in [-0.39, 0.29) is 26.2 Å². The second-order valence-electron chi connectivity index (χ2n) is 8.33. The van der Waals surface area contributed by atoms with Gasteiger partial charge in [0, 0.05) is 8.07 Å². The summed E-state index contributed by atoms with van der Waals surface area (Å²) in [5.74, 6) is 0. The van der Waals surface area contributed by atoms with Crippen LogP contribution < -0.4 is 10.4 Å². The molecular formula is C26H32Br2N2SiZr. The standard InChI is InChI=1S/C22H20Br2Si.2C2H6N.Zr/c1-13-11-15-7-5-9-17(23)19(15)21(13)25(3,4)22-14(2)12-16-8-6-10-18(24)20(16)22;2*1-3-2;/h5-12H,1-4H3;2*1-2H3;/q-2;2*-1;+4. The minimum atomic E-state index is -1.89. The minimum Gasteiger partial charge on any atom is -0.668 e. The molecule has 0 fully saturated rings. The Kier molecular flexibility index (Phi) is 12.0. The van der Waals surface area contributed by atoms with E-state index in [1.54, 1.807) is 38.6 Å². The van der Waals surface area contributed by atoms with E-state index in [0.29, 0.717) is 0 Å². The van der Waals surface area contributed by atoms with Crippen molar-refractivity contribution in [1.29, 1.82) is 0 Å². The zero-order valence-electron chi connectivity index (χ0n) is 20.3. The van der Waals surface area contributed by atoms with E-state index in [9.17, 15) is 0 Å². The number of rotatable bonds is 2. The van der Waals surface area contributed by atoms with Gasteiger partial charge < -0.3 is 10.6 Å². The molecule has 0 aliphatic carbocycles. The number of halogens is 2. The Morgan fingerprint density at radius 3 is 1.31 bits per heavy atom. The van der Waals surface area contributed by atoms with Gasteiger partial charge in [0.15, 0.2) is 0 Å². The van der Waals surface area contributed by atoms with Gasteiger partial charge in [0.05, 0.1) is 0 Å². The van der Waals surface area contributed by atoms with Crippen LogP contribution in [0.1, 0.15) is 11.1 Å². The van der Waals surface area contributed by atoms with E-state index in [4.69, 9.17) is 0 Å². The van der Waals surface area contributed by atoms with Crippen molar-refractivity contribution < 1.29 is 26.2 Å². The summed E-state index contributed by atoms with van der Waals surface area (Å²) >= 11 is 7.63. The van der Waals surface area contributed by atoms with Crippen molar-refractivity contribution in [3.63, 3.8) is 0 Å². The Hall–Kier alpha value is -0.360.